The van der Waals surface area contributed by atoms with Crippen molar-refractivity contribution in [2.45, 2.75) is 26.4 Å². The molecule has 0 spiro atoms. The number of methoxy groups -OCH3 is 1. The van der Waals surface area contributed by atoms with E-state index in [-0.39, 0.29) is 36.3 Å². The average molecular weight is 351 g/mol. The fraction of sp³-hybridized carbons (Fsp3) is 0.400. The van der Waals surface area contributed by atoms with Gasteiger partial charge in [0.2, 0.25) is 5.75 Å². The molecule has 0 saturated heterocycles. The van der Waals surface area contributed by atoms with Gasteiger partial charge in [0.05, 0.1) is 12.0 Å². The number of hydrogen-bond donors (Lipinski definition) is 0. The van der Waals surface area contributed by atoms with Crippen LogP contribution in [0.15, 0.2) is 22.7 Å². The summed E-state index contributed by atoms with van der Waals surface area (Å²) in [5.74, 6) is 0.386. The molecule has 2 aromatic rings. The summed E-state index contributed by atoms with van der Waals surface area (Å²) in [6.07, 6.45) is 1.56. The Morgan fingerprint density at radius 1 is 1.40 bits per heavy atom. The van der Waals surface area contributed by atoms with E-state index in [2.05, 4.69) is 10.1 Å². The highest BCUT2D eigenvalue weighted by Gasteiger charge is 2.16. The molecule has 134 valence electrons. The molecule has 0 amide bonds. The van der Waals surface area contributed by atoms with Gasteiger partial charge in [-0.3, -0.25) is 10.1 Å². The van der Waals surface area contributed by atoms with Crippen molar-refractivity contribution in [2.24, 2.45) is 0 Å². The second-order valence-corrected chi connectivity index (χ2v) is 4.89. The van der Waals surface area contributed by atoms with Crippen molar-refractivity contribution in [3.05, 3.63) is 40.0 Å². The fourth-order valence-corrected chi connectivity index (χ4v) is 1.90. The summed E-state index contributed by atoms with van der Waals surface area (Å²) < 4.78 is 20.0. The molecule has 0 saturated carbocycles. The lowest BCUT2D eigenvalue weighted by Gasteiger charge is -2.07. The molecular weight excluding hydrogens is 334 g/mol. The van der Waals surface area contributed by atoms with Gasteiger partial charge in [0.1, 0.15) is 5.75 Å². The van der Waals surface area contributed by atoms with Gasteiger partial charge >= 0.3 is 11.7 Å². The van der Waals surface area contributed by atoms with Crippen LogP contribution in [0.3, 0.4) is 0 Å². The van der Waals surface area contributed by atoms with E-state index in [4.69, 9.17) is 18.7 Å². The third-order valence-corrected chi connectivity index (χ3v) is 3.04. The van der Waals surface area contributed by atoms with E-state index in [1.54, 1.807) is 0 Å². The van der Waals surface area contributed by atoms with Crippen LogP contribution in [0.5, 0.6) is 11.5 Å². The largest absolute Gasteiger partial charge is 0.490 e. The van der Waals surface area contributed by atoms with Gasteiger partial charge in [0.25, 0.3) is 5.89 Å². The number of aryl methyl sites for hydroxylation is 1. The highest BCUT2D eigenvalue weighted by atomic mass is 16.6. The van der Waals surface area contributed by atoms with Crippen LogP contribution in [0.25, 0.3) is 0 Å². The predicted octanol–water partition coefficient (Wildman–Crippen LogP) is 2.06. The number of aromatic nitrogens is 2. The summed E-state index contributed by atoms with van der Waals surface area (Å²) in [7, 11) is 1.30. The minimum Gasteiger partial charge on any atom is -0.490 e. The van der Waals surface area contributed by atoms with E-state index >= 15 is 0 Å². The standard InChI is InChI=1S/C15H17N3O7/c1-3-4-13-16-14(25-17-13)8-24-15(19)9-23-10-5-6-11(18(20)21)12(7-10)22-2/h5-7H,3-4,8-9H2,1-2H3. The number of esters is 1. The van der Waals surface area contributed by atoms with Crippen LogP contribution in [0.2, 0.25) is 0 Å². The Kier molecular flexibility index (Phi) is 6.26. The maximum Gasteiger partial charge on any atom is 0.344 e. The monoisotopic (exact) mass is 351 g/mol. The molecule has 0 atom stereocenters. The van der Waals surface area contributed by atoms with Crippen molar-refractivity contribution in [1.29, 1.82) is 0 Å². The van der Waals surface area contributed by atoms with E-state index in [1.165, 1.54) is 25.3 Å². The summed E-state index contributed by atoms with van der Waals surface area (Å²) in [5, 5.41) is 14.6. The number of benzene rings is 1. The molecule has 1 aromatic heterocycles. The quantitative estimate of drug-likeness (QED) is 0.379. The second-order valence-electron chi connectivity index (χ2n) is 4.89. The maximum absolute atomic E-state index is 11.7. The van der Waals surface area contributed by atoms with Gasteiger partial charge in [0.15, 0.2) is 19.0 Å². The summed E-state index contributed by atoms with van der Waals surface area (Å²) in [6, 6.07) is 3.91. The Labute approximate surface area is 142 Å². The SMILES string of the molecule is CCCc1noc(COC(=O)COc2ccc([N+](=O)[O-])c(OC)c2)n1. The van der Waals surface area contributed by atoms with Gasteiger partial charge in [-0.2, -0.15) is 4.98 Å². The van der Waals surface area contributed by atoms with Crippen LogP contribution in [-0.2, 0) is 22.6 Å². The lowest BCUT2D eigenvalue weighted by molar-refractivity contribution is -0.385. The fourth-order valence-electron chi connectivity index (χ4n) is 1.90. The van der Waals surface area contributed by atoms with E-state index in [1.807, 2.05) is 6.92 Å². The molecular formula is C15H17N3O7. The normalized spacial score (nSPS) is 10.3. The predicted molar refractivity (Wildman–Crippen MR) is 83.2 cm³/mol. The molecule has 0 radical (unpaired) electrons. The molecule has 0 N–H and O–H groups in total. The zero-order valence-electron chi connectivity index (χ0n) is 13.8. The molecule has 2 rings (SSSR count). The first-order valence-corrected chi connectivity index (χ1v) is 7.45. The van der Waals surface area contributed by atoms with Gasteiger partial charge in [0, 0.05) is 18.6 Å². The maximum atomic E-state index is 11.7. The van der Waals surface area contributed by atoms with Crippen LogP contribution >= 0.6 is 0 Å². The van der Waals surface area contributed by atoms with Crippen molar-refractivity contribution in [3.63, 3.8) is 0 Å². The Bertz CT molecular complexity index is 744. The number of nitro benzene ring substituents is 1. The van der Waals surface area contributed by atoms with Gasteiger partial charge < -0.3 is 18.7 Å². The number of ether oxygens (including phenoxy) is 3. The summed E-state index contributed by atoms with van der Waals surface area (Å²) >= 11 is 0. The number of carbonyl (C=O) groups excluding carboxylic acids is 1. The summed E-state index contributed by atoms with van der Waals surface area (Å²) in [6.45, 7) is 1.46. The molecule has 0 unspecified atom stereocenters. The lowest BCUT2D eigenvalue weighted by Crippen LogP contribution is -2.15. The highest BCUT2D eigenvalue weighted by Crippen LogP contribution is 2.30. The Balaban J connectivity index is 1.84. The summed E-state index contributed by atoms with van der Waals surface area (Å²) in [4.78, 5) is 26.0. The Hall–Kier alpha value is -3.17. The Morgan fingerprint density at radius 2 is 2.20 bits per heavy atom. The van der Waals surface area contributed by atoms with Gasteiger partial charge in [-0.1, -0.05) is 12.1 Å². The van der Waals surface area contributed by atoms with Crippen molar-refractivity contribution in [1.82, 2.24) is 10.1 Å². The van der Waals surface area contributed by atoms with Gasteiger partial charge in [-0.05, 0) is 12.5 Å². The van der Waals surface area contributed by atoms with E-state index < -0.39 is 10.9 Å². The first-order chi connectivity index (χ1) is 12.0. The molecule has 1 heterocycles. The molecule has 10 nitrogen and oxygen atoms in total. The average Bonchev–Trinajstić information content (AvgIpc) is 3.05. The second kappa shape index (κ2) is 8.62. The number of nitrogens with zero attached hydrogens (tertiary/aromatic N) is 3. The van der Waals surface area contributed by atoms with E-state index in [0.29, 0.717) is 12.2 Å². The van der Waals surface area contributed by atoms with E-state index in [0.717, 1.165) is 6.42 Å². The zero-order valence-corrected chi connectivity index (χ0v) is 13.8. The van der Waals surface area contributed by atoms with Crippen molar-refractivity contribution >= 4 is 11.7 Å². The third-order valence-electron chi connectivity index (χ3n) is 3.04. The molecule has 1 aromatic carbocycles. The Morgan fingerprint density at radius 3 is 2.88 bits per heavy atom. The minimum atomic E-state index is -0.646. The molecule has 25 heavy (non-hydrogen) atoms. The lowest BCUT2D eigenvalue weighted by atomic mass is 10.3. The number of carbonyl (C=O) groups is 1. The summed E-state index contributed by atoms with van der Waals surface area (Å²) in [5.41, 5.74) is -0.197. The number of nitro groups is 1. The van der Waals surface area contributed by atoms with E-state index in [9.17, 15) is 14.9 Å². The third kappa shape index (κ3) is 5.16. The van der Waals surface area contributed by atoms with Gasteiger partial charge in [-0.25, -0.2) is 4.79 Å². The zero-order chi connectivity index (χ0) is 18.2. The first kappa shape index (κ1) is 18.2. The molecule has 0 fully saturated rings. The highest BCUT2D eigenvalue weighted by molar-refractivity contribution is 5.71. The molecule has 0 bridgehead atoms. The smallest absolute Gasteiger partial charge is 0.344 e. The van der Waals surface area contributed by atoms with Crippen LogP contribution < -0.4 is 9.47 Å². The van der Waals surface area contributed by atoms with Crippen molar-refractivity contribution < 1.29 is 28.5 Å². The number of hydrogen-bond acceptors (Lipinski definition) is 9. The van der Waals surface area contributed by atoms with Crippen LogP contribution in [0, 0.1) is 10.1 Å². The van der Waals surface area contributed by atoms with Crippen LogP contribution in [0.4, 0.5) is 5.69 Å². The van der Waals surface area contributed by atoms with Crippen LogP contribution in [0.1, 0.15) is 25.1 Å². The molecule has 0 aliphatic carbocycles. The minimum absolute atomic E-state index is 0.0326. The number of rotatable bonds is 9. The first-order valence-electron chi connectivity index (χ1n) is 7.45. The molecule has 0 aliphatic rings. The molecule has 10 heteroatoms. The van der Waals surface area contributed by atoms with Crippen molar-refractivity contribution in [2.75, 3.05) is 13.7 Å². The topological polar surface area (TPSA) is 127 Å². The van der Waals surface area contributed by atoms with Crippen LogP contribution in [-0.4, -0.2) is 34.7 Å². The van der Waals surface area contributed by atoms with Crippen molar-refractivity contribution in [3.8, 4) is 11.5 Å². The van der Waals surface area contributed by atoms with Gasteiger partial charge in [-0.15, -0.1) is 0 Å². The molecule has 0 aliphatic heterocycles.